The van der Waals surface area contributed by atoms with Crippen molar-refractivity contribution in [2.45, 2.75) is 59.1 Å². The summed E-state index contributed by atoms with van der Waals surface area (Å²) in [4.78, 5) is 4.11. The summed E-state index contributed by atoms with van der Waals surface area (Å²) in [6.45, 7) is 7.71. The molecule has 1 aliphatic rings. The van der Waals surface area contributed by atoms with Crippen molar-refractivity contribution in [2.24, 2.45) is 17.3 Å². The number of aromatic nitrogens is 3. The molecule has 0 unspecified atom stereocenters. The molecule has 2 aromatic rings. The lowest BCUT2D eigenvalue weighted by Gasteiger charge is -2.47. The molecule has 0 bridgehead atoms. The summed E-state index contributed by atoms with van der Waals surface area (Å²) in [5.74, 6) is 1.13. The molecule has 136 valence electrons. The quantitative estimate of drug-likeness (QED) is 0.787. The Morgan fingerprint density at radius 1 is 1.24 bits per heavy atom. The third-order valence-electron chi connectivity index (χ3n) is 5.97. The highest BCUT2D eigenvalue weighted by atomic mass is 16.5. The molecule has 0 saturated heterocycles. The van der Waals surface area contributed by atoms with Crippen molar-refractivity contribution in [2.75, 3.05) is 7.11 Å². The Bertz CT molecular complexity index is 648. The van der Waals surface area contributed by atoms with E-state index in [-0.39, 0.29) is 11.5 Å². The van der Waals surface area contributed by atoms with Crippen LogP contribution in [0.3, 0.4) is 0 Å². The summed E-state index contributed by atoms with van der Waals surface area (Å²) in [6, 6.07) is 8.96. The van der Waals surface area contributed by atoms with Crippen molar-refractivity contribution in [3.63, 3.8) is 0 Å². The first-order chi connectivity index (χ1) is 12.0. The van der Waals surface area contributed by atoms with Crippen LogP contribution in [-0.4, -0.2) is 28.0 Å². The van der Waals surface area contributed by atoms with E-state index >= 15 is 0 Å². The van der Waals surface area contributed by atoms with Gasteiger partial charge in [-0.05, 0) is 49.5 Å². The molecule has 4 heteroatoms. The Labute approximate surface area is 151 Å². The molecular weight excluding hydrogens is 310 g/mol. The van der Waals surface area contributed by atoms with E-state index in [0.717, 1.165) is 13.0 Å². The summed E-state index contributed by atoms with van der Waals surface area (Å²) in [7, 11) is 1.86. The van der Waals surface area contributed by atoms with Crippen LogP contribution >= 0.6 is 0 Å². The predicted molar refractivity (Wildman–Crippen MR) is 100 cm³/mol. The van der Waals surface area contributed by atoms with Gasteiger partial charge < -0.3 is 4.74 Å². The fourth-order valence-corrected chi connectivity index (χ4v) is 4.49. The molecule has 1 aliphatic carbocycles. The fourth-order valence-electron chi connectivity index (χ4n) is 4.49. The Hall–Kier alpha value is -1.68. The van der Waals surface area contributed by atoms with Crippen LogP contribution in [-0.2, 0) is 17.7 Å². The van der Waals surface area contributed by atoms with Crippen molar-refractivity contribution in [3.05, 3.63) is 48.0 Å². The van der Waals surface area contributed by atoms with E-state index in [1.54, 1.807) is 6.33 Å². The summed E-state index contributed by atoms with van der Waals surface area (Å²) >= 11 is 0. The third-order valence-corrected chi connectivity index (χ3v) is 5.97. The van der Waals surface area contributed by atoms with Gasteiger partial charge in [-0.2, -0.15) is 5.10 Å². The van der Waals surface area contributed by atoms with E-state index in [9.17, 15) is 0 Å². The van der Waals surface area contributed by atoms with Gasteiger partial charge >= 0.3 is 0 Å². The first-order valence-corrected chi connectivity index (χ1v) is 9.40. The number of methoxy groups -OCH3 is 1. The summed E-state index contributed by atoms with van der Waals surface area (Å²) in [5, 5.41) is 4.34. The topological polar surface area (TPSA) is 39.9 Å². The third kappa shape index (κ3) is 4.30. The van der Waals surface area contributed by atoms with Crippen molar-refractivity contribution in [1.29, 1.82) is 0 Å². The van der Waals surface area contributed by atoms with E-state index in [0.29, 0.717) is 11.8 Å². The normalized spacial score (nSPS) is 25.8. The first-order valence-electron chi connectivity index (χ1n) is 9.40. The Morgan fingerprint density at radius 3 is 2.64 bits per heavy atom. The van der Waals surface area contributed by atoms with Gasteiger partial charge in [-0.3, -0.25) is 4.68 Å². The van der Waals surface area contributed by atoms with Crippen LogP contribution in [0.1, 0.15) is 44.2 Å². The standard InChI is InChI=1S/C21H31N3O/c1-16-5-7-17(8-6-16)9-10-18-11-12-21(2,3)20(25-4)19(18)13-24-15-22-14-23-24/h5-8,14-15,18-20H,9-13H2,1-4H3/t18-,19+,20+/m1/s1. The van der Waals surface area contributed by atoms with Crippen LogP contribution in [0.5, 0.6) is 0 Å². The van der Waals surface area contributed by atoms with Gasteiger partial charge in [0.1, 0.15) is 12.7 Å². The molecule has 0 radical (unpaired) electrons. The zero-order chi connectivity index (χ0) is 17.9. The van der Waals surface area contributed by atoms with Crippen molar-refractivity contribution < 1.29 is 4.74 Å². The number of benzene rings is 1. The lowest BCUT2D eigenvalue weighted by atomic mass is 9.63. The van der Waals surface area contributed by atoms with Crippen LogP contribution in [0, 0.1) is 24.2 Å². The SMILES string of the molecule is CO[C@H]1[C@@H](Cn2cncn2)[C@H](CCc2ccc(C)cc2)CCC1(C)C. The average Bonchev–Trinajstić information content (AvgIpc) is 3.08. The van der Waals surface area contributed by atoms with Crippen LogP contribution in [0.15, 0.2) is 36.9 Å². The number of ether oxygens (including phenoxy) is 1. The van der Waals surface area contributed by atoms with E-state index < -0.39 is 0 Å². The zero-order valence-electron chi connectivity index (χ0n) is 16.0. The Balaban J connectivity index is 1.73. The maximum Gasteiger partial charge on any atom is 0.137 e. The van der Waals surface area contributed by atoms with Gasteiger partial charge in [-0.15, -0.1) is 0 Å². The predicted octanol–water partition coefficient (Wildman–Crippen LogP) is 4.29. The van der Waals surface area contributed by atoms with E-state index in [1.807, 2.05) is 18.1 Å². The molecule has 4 nitrogen and oxygen atoms in total. The zero-order valence-corrected chi connectivity index (χ0v) is 16.0. The number of aryl methyl sites for hydroxylation is 2. The van der Waals surface area contributed by atoms with Crippen molar-refractivity contribution in [1.82, 2.24) is 14.8 Å². The van der Waals surface area contributed by atoms with Crippen molar-refractivity contribution >= 4 is 0 Å². The highest BCUT2D eigenvalue weighted by Crippen LogP contribution is 2.45. The number of hydrogen-bond acceptors (Lipinski definition) is 3. The number of rotatable bonds is 6. The number of nitrogens with zero attached hydrogens (tertiary/aromatic N) is 3. The summed E-state index contributed by atoms with van der Waals surface area (Å²) in [5.41, 5.74) is 2.97. The molecule has 0 aliphatic heterocycles. The lowest BCUT2D eigenvalue weighted by Crippen LogP contribution is -2.47. The van der Waals surface area contributed by atoms with Crippen LogP contribution in [0.25, 0.3) is 0 Å². The Morgan fingerprint density at radius 2 is 2.00 bits per heavy atom. The molecular formula is C21H31N3O. The fraction of sp³-hybridized carbons (Fsp3) is 0.619. The second-order valence-corrected chi connectivity index (χ2v) is 8.25. The molecule has 3 rings (SSSR count). The van der Waals surface area contributed by atoms with E-state index in [2.05, 4.69) is 55.1 Å². The van der Waals surface area contributed by atoms with Gasteiger partial charge in [0.2, 0.25) is 0 Å². The molecule has 1 aromatic heterocycles. The molecule has 1 saturated carbocycles. The molecule has 0 N–H and O–H groups in total. The second kappa shape index (κ2) is 7.69. The van der Waals surface area contributed by atoms with E-state index in [1.165, 1.54) is 30.4 Å². The van der Waals surface area contributed by atoms with E-state index in [4.69, 9.17) is 4.74 Å². The first kappa shape index (κ1) is 18.1. The van der Waals surface area contributed by atoms with Crippen LogP contribution < -0.4 is 0 Å². The molecule has 1 aromatic carbocycles. The minimum absolute atomic E-state index is 0.209. The second-order valence-electron chi connectivity index (χ2n) is 8.25. The number of hydrogen-bond donors (Lipinski definition) is 0. The average molecular weight is 341 g/mol. The Kier molecular flexibility index (Phi) is 5.57. The summed E-state index contributed by atoms with van der Waals surface area (Å²) < 4.78 is 7.97. The smallest absolute Gasteiger partial charge is 0.137 e. The maximum absolute atomic E-state index is 6.00. The molecule has 1 fully saturated rings. The molecule has 0 spiro atoms. The molecule has 25 heavy (non-hydrogen) atoms. The maximum atomic E-state index is 6.00. The monoisotopic (exact) mass is 341 g/mol. The van der Waals surface area contributed by atoms with Gasteiger partial charge in [0, 0.05) is 19.6 Å². The van der Waals surface area contributed by atoms with Gasteiger partial charge in [0.15, 0.2) is 0 Å². The highest BCUT2D eigenvalue weighted by molar-refractivity contribution is 5.21. The van der Waals surface area contributed by atoms with Gasteiger partial charge in [-0.25, -0.2) is 4.98 Å². The minimum atomic E-state index is 0.209. The molecule has 1 heterocycles. The summed E-state index contributed by atoms with van der Waals surface area (Å²) in [6.07, 6.45) is 8.53. The molecule has 3 atom stereocenters. The largest absolute Gasteiger partial charge is 0.381 e. The van der Waals surface area contributed by atoms with Gasteiger partial charge in [0.05, 0.1) is 6.10 Å². The minimum Gasteiger partial charge on any atom is -0.381 e. The highest BCUT2D eigenvalue weighted by Gasteiger charge is 2.44. The van der Waals surface area contributed by atoms with Crippen LogP contribution in [0.2, 0.25) is 0 Å². The van der Waals surface area contributed by atoms with Gasteiger partial charge in [-0.1, -0.05) is 43.7 Å². The van der Waals surface area contributed by atoms with Crippen LogP contribution in [0.4, 0.5) is 0 Å². The van der Waals surface area contributed by atoms with Crippen molar-refractivity contribution in [3.8, 4) is 0 Å². The van der Waals surface area contributed by atoms with Gasteiger partial charge in [0.25, 0.3) is 0 Å². The lowest BCUT2D eigenvalue weighted by molar-refractivity contribution is -0.0925. The molecule has 0 amide bonds.